The highest BCUT2D eigenvalue weighted by Crippen LogP contribution is 2.45. The summed E-state index contributed by atoms with van der Waals surface area (Å²) in [5, 5.41) is 12.8. The molecule has 0 bridgehead atoms. The normalized spacial score (nSPS) is 17.5. The van der Waals surface area contributed by atoms with E-state index >= 15 is 0 Å². The average Bonchev–Trinajstić information content (AvgIpc) is 3.34. The van der Waals surface area contributed by atoms with Crippen LogP contribution in [0.2, 0.25) is 10.0 Å². The van der Waals surface area contributed by atoms with Gasteiger partial charge in [0, 0.05) is 41.0 Å². The molecule has 0 spiro atoms. The number of ketones is 1. The maximum Gasteiger partial charge on any atom is 0.300 e. The average molecular weight is 505 g/mol. The van der Waals surface area contributed by atoms with Crippen molar-refractivity contribution in [2.75, 3.05) is 4.90 Å². The van der Waals surface area contributed by atoms with Crippen LogP contribution in [0, 0.1) is 0 Å². The number of aliphatic hydroxyl groups excluding tert-OH is 1. The van der Waals surface area contributed by atoms with E-state index in [-0.39, 0.29) is 16.4 Å². The first kappa shape index (κ1) is 23.2. The van der Waals surface area contributed by atoms with Crippen LogP contribution in [0.15, 0.2) is 78.5 Å². The molecular formula is C28H22Cl2N2O3. The minimum absolute atomic E-state index is 0.00399. The molecule has 5 rings (SSSR count). The molecule has 1 aliphatic rings. The Labute approximate surface area is 212 Å². The van der Waals surface area contributed by atoms with Gasteiger partial charge in [-0.3, -0.25) is 14.5 Å². The predicted molar refractivity (Wildman–Crippen MR) is 140 cm³/mol. The number of carbonyl (C=O) groups is 2. The van der Waals surface area contributed by atoms with Gasteiger partial charge in [-0.05, 0) is 48.4 Å². The van der Waals surface area contributed by atoms with Gasteiger partial charge in [-0.25, -0.2) is 0 Å². The summed E-state index contributed by atoms with van der Waals surface area (Å²) >= 11 is 12.2. The van der Waals surface area contributed by atoms with E-state index in [1.165, 1.54) is 11.0 Å². The molecule has 1 aromatic heterocycles. The first-order valence-electron chi connectivity index (χ1n) is 11.2. The molecule has 0 radical (unpaired) electrons. The lowest BCUT2D eigenvalue weighted by Crippen LogP contribution is -2.29. The molecule has 5 nitrogen and oxygen atoms in total. The third kappa shape index (κ3) is 3.81. The molecule has 3 aromatic carbocycles. The molecule has 1 fully saturated rings. The second-order valence-corrected chi connectivity index (χ2v) is 9.34. The molecule has 1 amide bonds. The third-order valence-electron chi connectivity index (χ3n) is 6.48. The SMILES string of the molecule is CCc1ccc(N2C(=O)C(=O)/C(=C(/O)c3ccc(Cl)c(Cl)c3)C2c2cn(C)c3ccccc23)cc1. The van der Waals surface area contributed by atoms with E-state index < -0.39 is 17.7 Å². The Balaban J connectivity index is 1.79. The summed E-state index contributed by atoms with van der Waals surface area (Å²) < 4.78 is 1.95. The minimum atomic E-state index is -0.831. The number of hydrogen-bond donors (Lipinski definition) is 1. The van der Waals surface area contributed by atoms with Crippen molar-refractivity contribution in [1.82, 2.24) is 4.57 Å². The van der Waals surface area contributed by atoms with Crippen LogP contribution in [0.25, 0.3) is 16.7 Å². The number of aliphatic hydroxyl groups is 1. The largest absolute Gasteiger partial charge is 0.507 e. The number of fused-ring (bicyclic) bond motifs is 1. The van der Waals surface area contributed by atoms with Crippen molar-refractivity contribution >= 4 is 57.2 Å². The van der Waals surface area contributed by atoms with Crippen LogP contribution in [0.3, 0.4) is 0 Å². The van der Waals surface area contributed by atoms with Crippen LogP contribution in [0.4, 0.5) is 5.69 Å². The number of aromatic nitrogens is 1. The number of Topliss-reactive ketones (excluding diaryl/α,β-unsaturated/α-hetero) is 1. The van der Waals surface area contributed by atoms with Gasteiger partial charge < -0.3 is 9.67 Å². The number of hydrogen-bond acceptors (Lipinski definition) is 3. The minimum Gasteiger partial charge on any atom is -0.507 e. The molecule has 1 aliphatic heterocycles. The number of para-hydroxylation sites is 1. The zero-order chi connectivity index (χ0) is 24.9. The van der Waals surface area contributed by atoms with Crippen molar-refractivity contribution < 1.29 is 14.7 Å². The van der Waals surface area contributed by atoms with Gasteiger partial charge in [-0.15, -0.1) is 0 Å². The highest BCUT2D eigenvalue weighted by Gasteiger charge is 2.47. The molecule has 1 unspecified atom stereocenters. The number of anilines is 1. The van der Waals surface area contributed by atoms with Crippen LogP contribution >= 0.6 is 23.2 Å². The summed E-state index contributed by atoms with van der Waals surface area (Å²) in [6.07, 6.45) is 2.75. The fourth-order valence-electron chi connectivity index (χ4n) is 4.68. The molecule has 1 N–H and O–H groups in total. The number of carbonyl (C=O) groups excluding carboxylic acids is 2. The maximum absolute atomic E-state index is 13.4. The molecule has 0 aliphatic carbocycles. The fourth-order valence-corrected chi connectivity index (χ4v) is 4.97. The van der Waals surface area contributed by atoms with Crippen LogP contribution in [-0.2, 0) is 23.1 Å². The van der Waals surface area contributed by atoms with E-state index in [0.29, 0.717) is 16.3 Å². The van der Waals surface area contributed by atoms with Crippen molar-refractivity contribution in [2.24, 2.45) is 7.05 Å². The molecule has 2 heterocycles. The highest BCUT2D eigenvalue weighted by atomic mass is 35.5. The lowest BCUT2D eigenvalue weighted by Gasteiger charge is -2.25. The Morgan fingerprint density at radius 3 is 2.37 bits per heavy atom. The van der Waals surface area contributed by atoms with Crippen molar-refractivity contribution in [2.45, 2.75) is 19.4 Å². The Hall–Kier alpha value is -3.54. The summed E-state index contributed by atoms with van der Waals surface area (Å²) in [5.41, 5.74) is 3.69. The third-order valence-corrected chi connectivity index (χ3v) is 7.22. The maximum atomic E-state index is 13.4. The van der Waals surface area contributed by atoms with Gasteiger partial charge in [0.25, 0.3) is 11.7 Å². The lowest BCUT2D eigenvalue weighted by atomic mass is 9.94. The fraction of sp³-hybridized carbons (Fsp3) is 0.143. The van der Waals surface area contributed by atoms with Crippen molar-refractivity contribution in [1.29, 1.82) is 0 Å². The smallest absolute Gasteiger partial charge is 0.300 e. The van der Waals surface area contributed by atoms with Gasteiger partial charge in [0.15, 0.2) is 0 Å². The van der Waals surface area contributed by atoms with Gasteiger partial charge >= 0.3 is 0 Å². The van der Waals surface area contributed by atoms with Gasteiger partial charge in [-0.2, -0.15) is 0 Å². The molecular weight excluding hydrogens is 483 g/mol. The molecule has 1 saturated heterocycles. The number of benzene rings is 3. The van der Waals surface area contributed by atoms with Crippen molar-refractivity contribution in [3.63, 3.8) is 0 Å². The second kappa shape index (κ2) is 8.91. The first-order valence-corrected chi connectivity index (χ1v) is 12.0. The highest BCUT2D eigenvalue weighted by molar-refractivity contribution is 6.52. The summed E-state index contributed by atoms with van der Waals surface area (Å²) in [5.74, 6) is -1.76. The zero-order valence-electron chi connectivity index (χ0n) is 19.1. The molecule has 4 aromatic rings. The van der Waals surface area contributed by atoms with Gasteiger partial charge in [-0.1, -0.05) is 60.5 Å². The molecule has 1 atom stereocenters. The monoisotopic (exact) mass is 504 g/mol. The summed E-state index contributed by atoms with van der Waals surface area (Å²) in [4.78, 5) is 28.3. The molecule has 35 heavy (non-hydrogen) atoms. The topological polar surface area (TPSA) is 62.5 Å². The molecule has 0 saturated carbocycles. The number of rotatable bonds is 4. The molecule has 176 valence electrons. The van der Waals surface area contributed by atoms with E-state index in [1.54, 1.807) is 12.1 Å². The summed E-state index contributed by atoms with van der Waals surface area (Å²) in [6.45, 7) is 2.05. The Morgan fingerprint density at radius 1 is 0.971 bits per heavy atom. The van der Waals surface area contributed by atoms with Gasteiger partial charge in [0.2, 0.25) is 0 Å². The van der Waals surface area contributed by atoms with E-state index in [4.69, 9.17) is 23.2 Å². The zero-order valence-corrected chi connectivity index (χ0v) is 20.6. The van der Waals surface area contributed by atoms with Gasteiger partial charge in [0.05, 0.1) is 21.7 Å². The van der Waals surface area contributed by atoms with Crippen LogP contribution in [-0.4, -0.2) is 21.4 Å². The Morgan fingerprint density at radius 2 is 1.69 bits per heavy atom. The number of amides is 1. The Bertz CT molecular complexity index is 1520. The van der Waals surface area contributed by atoms with E-state index in [0.717, 1.165) is 28.5 Å². The first-order chi connectivity index (χ1) is 16.8. The summed E-state index contributed by atoms with van der Waals surface area (Å²) in [6, 6.07) is 19.1. The van der Waals surface area contributed by atoms with Gasteiger partial charge in [0.1, 0.15) is 5.76 Å². The van der Waals surface area contributed by atoms with Crippen LogP contribution < -0.4 is 4.90 Å². The second-order valence-electron chi connectivity index (χ2n) is 8.53. The number of halogens is 2. The van der Waals surface area contributed by atoms with Crippen molar-refractivity contribution in [3.8, 4) is 0 Å². The standard InChI is InChI=1S/C28H22Cl2N2O3/c1-3-16-8-11-18(12-9-16)32-25(20-15-31(2)23-7-5-4-6-19(20)23)24(27(34)28(32)35)26(33)17-10-13-21(29)22(30)14-17/h4-15,25,33H,3H2,1-2H3/b26-24+. The lowest BCUT2D eigenvalue weighted by molar-refractivity contribution is -0.132. The number of nitrogens with zero attached hydrogens (tertiary/aromatic N) is 2. The summed E-state index contributed by atoms with van der Waals surface area (Å²) in [7, 11) is 1.91. The van der Waals surface area contributed by atoms with Crippen LogP contribution in [0.1, 0.15) is 29.7 Å². The van der Waals surface area contributed by atoms with Crippen LogP contribution in [0.5, 0.6) is 0 Å². The Kier molecular flexibility index (Phi) is 5.91. The van der Waals surface area contributed by atoms with E-state index in [9.17, 15) is 14.7 Å². The molecule has 7 heteroatoms. The number of aryl methyl sites for hydroxylation is 2. The quantitative estimate of drug-likeness (QED) is 0.191. The predicted octanol–water partition coefficient (Wildman–Crippen LogP) is 6.67. The van der Waals surface area contributed by atoms with E-state index in [2.05, 4.69) is 6.92 Å². The van der Waals surface area contributed by atoms with Crippen molar-refractivity contribution in [3.05, 3.63) is 105 Å². The van der Waals surface area contributed by atoms with E-state index in [1.807, 2.05) is 66.3 Å².